The van der Waals surface area contributed by atoms with Crippen LogP contribution in [0.3, 0.4) is 0 Å². The van der Waals surface area contributed by atoms with Gasteiger partial charge in [-0.1, -0.05) is 35.9 Å². The Morgan fingerprint density at radius 3 is 2.39 bits per heavy atom. The van der Waals surface area contributed by atoms with E-state index in [4.69, 9.17) is 0 Å². The molecule has 2 nitrogen and oxygen atoms in total. The first-order valence-corrected chi connectivity index (χ1v) is 9.92. The maximum atomic E-state index is 13.7. The van der Waals surface area contributed by atoms with Crippen LogP contribution >= 0.6 is 0 Å². The Labute approximate surface area is 140 Å². The predicted octanol–water partition coefficient (Wildman–Crippen LogP) is 4.84. The van der Waals surface area contributed by atoms with E-state index in [0.29, 0.717) is 0 Å². The average Bonchev–Trinajstić information content (AvgIpc) is 2.53. The van der Waals surface area contributed by atoms with Crippen LogP contribution in [0, 0.1) is 20.8 Å². The van der Waals surface area contributed by atoms with Crippen LogP contribution in [-0.4, -0.2) is 16.0 Å². The SMILES string of the molecule is Cc1cc(C)c(C[C@@H]2CCCN=S2(=O)c2ccccc2)c(C)c1. The quantitative estimate of drug-likeness (QED) is 0.793. The lowest BCUT2D eigenvalue weighted by Gasteiger charge is -2.27. The highest BCUT2D eigenvalue weighted by molar-refractivity contribution is 7.94. The van der Waals surface area contributed by atoms with Gasteiger partial charge in [-0.3, -0.25) is 0 Å². The second-order valence-corrected chi connectivity index (χ2v) is 9.11. The van der Waals surface area contributed by atoms with Crippen LogP contribution < -0.4 is 0 Å². The van der Waals surface area contributed by atoms with Crippen molar-refractivity contribution >= 4 is 9.73 Å². The van der Waals surface area contributed by atoms with E-state index in [0.717, 1.165) is 30.7 Å². The van der Waals surface area contributed by atoms with Crippen molar-refractivity contribution in [1.29, 1.82) is 0 Å². The van der Waals surface area contributed by atoms with E-state index < -0.39 is 9.73 Å². The largest absolute Gasteiger partial charge is 0.244 e. The van der Waals surface area contributed by atoms with Gasteiger partial charge in [-0.25, -0.2) is 8.57 Å². The van der Waals surface area contributed by atoms with Gasteiger partial charge in [0.15, 0.2) is 0 Å². The highest BCUT2D eigenvalue weighted by Crippen LogP contribution is 2.30. The van der Waals surface area contributed by atoms with Gasteiger partial charge in [0, 0.05) is 11.4 Å². The van der Waals surface area contributed by atoms with Crippen LogP contribution in [0.15, 0.2) is 51.7 Å². The van der Waals surface area contributed by atoms with E-state index in [1.54, 1.807) is 0 Å². The second-order valence-electron chi connectivity index (χ2n) is 6.58. The number of hydrogen-bond donors (Lipinski definition) is 0. The summed E-state index contributed by atoms with van der Waals surface area (Å²) in [6.45, 7) is 7.18. The summed E-state index contributed by atoms with van der Waals surface area (Å²) < 4.78 is 18.3. The fraction of sp³-hybridized carbons (Fsp3) is 0.400. The summed E-state index contributed by atoms with van der Waals surface area (Å²) in [6, 6.07) is 14.3. The zero-order valence-corrected chi connectivity index (χ0v) is 15.0. The molecule has 0 radical (unpaired) electrons. The molecule has 0 spiro atoms. The molecule has 0 bridgehead atoms. The fourth-order valence-electron chi connectivity index (χ4n) is 3.64. The number of rotatable bonds is 3. The van der Waals surface area contributed by atoms with Crippen LogP contribution in [0.2, 0.25) is 0 Å². The highest BCUT2D eigenvalue weighted by Gasteiger charge is 2.29. The summed E-state index contributed by atoms with van der Waals surface area (Å²) in [5.74, 6) is 0. The standard InChI is InChI=1S/C20H25NOS/c1-15-12-16(2)20(17(3)13-15)14-19-10-7-11-21-23(19,22)18-8-5-4-6-9-18/h4-6,8-9,12-13,19H,7,10-11,14H2,1-3H3/t19-,23?/m0/s1. The number of hydrogen-bond acceptors (Lipinski definition) is 2. The van der Waals surface area contributed by atoms with Gasteiger partial charge in [0.2, 0.25) is 0 Å². The van der Waals surface area contributed by atoms with Crippen LogP contribution in [0.4, 0.5) is 0 Å². The summed E-state index contributed by atoms with van der Waals surface area (Å²) in [7, 11) is -2.33. The molecule has 1 aliphatic heterocycles. The monoisotopic (exact) mass is 327 g/mol. The molecule has 2 aromatic rings. The Hall–Kier alpha value is -1.61. The molecule has 0 aliphatic carbocycles. The van der Waals surface area contributed by atoms with Gasteiger partial charge in [-0.2, -0.15) is 0 Å². The van der Waals surface area contributed by atoms with E-state index >= 15 is 0 Å². The van der Waals surface area contributed by atoms with E-state index in [2.05, 4.69) is 37.3 Å². The van der Waals surface area contributed by atoms with Crippen molar-refractivity contribution in [2.24, 2.45) is 4.36 Å². The lowest BCUT2D eigenvalue weighted by Crippen LogP contribution is -2.28. The van der Waals surface area contributed by atoms with Gasteiger partial charge in [0.1, 0.15) is 0 Å². The summed E-state index contributed by atoms with van der Waals surface area (Å²) in [5.41, 5.74) is 5.26. The molecule has 0 aromatic heterocycles. The maximum Gasteiger partial charge on any atom is 0.0784 e. The molecule has 23 heavy (non-hydrogen) atoms. The zero-order chi connectivity index (χ0) is 16.4. The molecule has 3 heteroatoms. The van der Waals surface area contributed by atoms with Crippen LogP contribution in [0.25, 0.3) is 0 Å². The lowest BCUT2D eigenvalue weighted by molar-refractivity contribution is 0.610. The molecule has 2 atom stereocenters. The van der Waals surface area contributed by atoms with Crippen molar-refractivity contribution in [1.82, 2.24) is 0 Å². The van der Waals surface area contributed by atoms with Gasteiger partial charge < -0.3 is 0 Å². The van der Waals surface area contributed by atoms with E-state index in [9.17, 15) is 4.21 Å². The van der Waals surface area contributed by atoms with Crippen molar-refractivity contribution in [3.8, 4) is 0 Å². The number of nitrogens with zero attached hydrogens (tertiary/aromatic N) is 1. The number of aryl methyl sites for hydroxylation is 3. The molecule has 122 valence electrons. The average molecular weight is 327 g/mol. The van der Waals surface area contributed by atoms with Crippen molar-refractivity contribution in [3.05, 3.63) is 64.7 Å². The lowest BCUT2D eigenvalue weighted by atomic mass is 9.95. The topological polar surface area (TPSA) is 29.4 Å². The molecule has 0 saturated heterocycles. The molecule has 1 heterocycles. The van der Waals surface area contributed by atoms with Crippen molar-refractivity contribution in [2.75, 3.05) is 6.54 Å². The van der Waals surface area contributed by atoms with Gasteiger partial charge in [-0.05, 0) is 68.9 Å². The third-order valence-electron chi connectivity index (χ3n) is 4.77. The Morgan fingerprint density at radius 1 is 1.09 bits per heavy atom. The van der Waals surface area contributed by atoms with Crippen molar-refractivity contribution < 1.29 is 4.21 Å². The summed E-state index contributed by atoms with van der Waals surface area (Å²) in [6.07, 6.45) is 2.89. The number of benzene rings is 2. The smallest absolute Gasteiger partial charge is 0.0784 e. The first-order chi connectivity index (χ1) is 11.0. The highest BCUT2D eigenvalue weighted by atomic mass is 32.2. The third-order valence-corrected chi connectivity index (χ3v) is 7.59. The van der Waals surface area contributed by atoms with Gasteiger partial charge in [0.25, 0.3) is 0 Å². The molecule has 0 amide bonds. The molecule has 0 fully saturated rings. The minimum atomic E-state index is -2.33. The molecule has 2 aromatic carbocycles. The summed E-state index contributed by atoms with van der Waals surface area (Å²) in [4.78, 5) is 0.895. The molecule has 1 aliphatic rings. The van der Waals surface area contributed by atoms with E-state index in [1.165, 1.54) is 22.3 Å². The first-order valence-electron chi connectivity index (χ1n) is 8.34. The minimum Gasteiger partial charge on any atom is -0.244 e. The van der Waals surface area contributed by atoms with Crippen molar-refractivity contribution in [3.63, 3.8) is 0 Å². The summed E-state index contributed by atoms with van der Waals surface area (Å²) >= 11 is 0. The Kier molecular flexibility index (Phi) is 4.58. The molecule has 3 rings (SSSR count). The Morgan fingerprint density at radius 2 is 1.74 bits per heavy atom. The minimum absolute atomic E-state index is 0.110. The van der Waals surface area contributed by atoms with Gasteiger partial charge in [0.05, 0.1) is 15.0 Å². The second kappa shape index (κ2) is 6.48. The molecule has 1 unspecified atom stereocenters. The normalized spacial score (nSPS) is 24.2. The predicted molar refractivity (Wildman–Crippen MR) is 97.5 cm³/mol. The van der Waals surface area contributed by atoms with Crippen molar-refractivity contribution in [2.45, 2.75) is 50.2 Å². The molecule has 0 saturated carbocycles. The van der Waals surface area contributed by atoms with E-state index in [-0.39, 0.29) is 5.25 Å². The third kappa shape index (κ3) is 3.20. The van der Waals surface area contributed by atoms with Gasteiger partial charge >= 0.3 is 0 Å². The zero-order valence-electron chi connectivity index (χ0n) is 14.2. The molecular formula is C20H25NOS. The summed E-state index contributed by atoms with van der Waals surface area (Å²) in [5, 5.41) is 0.110. The Bertz CT molecular complexity index is 794. The molecular weight excluding hydrogens is 302 g/mol. The fourth-order valence-corrected chi connectivity index (χ4v) is 6.21. The molecule has 0 N–H and O–H groups in total. The first kappa shape index (κ1) is 16.3. The van der Waals surface area contributed by atoms with Gasteiger partial charge in [-0.15, -0.1) is 0 Å². The van der Waals surface area contributed by atoms with Crippen LogP contribution in [0.1, 0.15) is 35.1 Å². The maximum absolute atomic E-state index is 13.7. The van der Waals surface area contributed by atoms with E-state index in [1.807, 2.05) is 30.3 Å². The van der Waals surface area contributed by atoms with Crippen LogP contribution in [-0.2, 0) is 16.1 Å². The van der Waals surface area contributed by atoms with Crippen LogP contribution in [0.5, 0.6) is 0 Å². The Balaban J connectivity index is 2.01.